The van der Waals surface area contributed by atoms with Gasteiger partial charge < -0.3 is 15.1 Å². The average Bonchev–Trinajstić information content (AvgIpc) is 3.24. The van der Waals surface area contributed by atoms with E-state index in [0.29, 0.717) is 13.1 Å². The second-order valence-electron chi connectivity index (χ2n) is 8.21. The predicted molar refractivity (Wildman–Crippen MR) is 118 cm³/mol. The lowest BCUT2D eigenvalue weighted by atomic mass is 10.1. The van der Waals surface area contributed by atoms with Crippen LogP contribution in [0.1, 0.15) is 43.7 Å². The third kappa shape index (κ3) is 5.59. The fourth-order valence-corrected chi connectivity index (χ4v) is 3.95. The highest BCUT2D eigenvalue weighted by Gasteiger charge is 2.23. The highest BCUT2D eigenvalue weighted by atomic mass is 19.1. The number of amides is 2. The van der Waals surface area contributed by atoms with E-state index < -0.39 is 0 Å². The lowest BCUT2D eigenvalue weighted by molar-refractivity contribution is -0.130. The molecule has 0 bridgehead atoms. The zero-order chi connectivity index (χ0) is 21.7. The van der Waals surface area contributed by atoms with Crippen LogP contribution in [0.25, 0.3) is 0 Å². The van der Waals surface area contributed by atoms with E-state index in [0.717, 1.165) is 48.2 Å². The number of carbonyl (C=O) groups is 2. The number of rotatable bonds is 7. The Morgan fingerprint density at radius 2 is 1.70 bits per heavy atom. The summed E-state index contributed by atoms with van der Waals surface area (Å²) in [5.41, 5.74) is 3.54. The first-order valence-corrected chi connectivity index (χ1v) is 10.4. The first kappa shape index (κ1) is 21.8. The third-order valence-corrected chi connectivity index (χ3v) is 5.65. The molecule has 0 saturated heterocycles. The maximum Gasteiger partial charge on any atom is 0.227 e. The second kappa shape index (κ2) is 9.74. The Kier molecular flexibility index (Phi) is 7.08. The molecular formula is C24H30FN3O2. The van der Waals surface area contributed by atoms with Crippen molar-refractivity contribution in [1.29, 1.82) is 0 Å². The van der Waals surface area contributed by atoms with Crippen molar-refractivity contribution in [3.05, 3.63) is 59.4 Å². The topological polar surface area (TPSA) is 52.7 Å². The number of hydrogen-bond acceptors (Lipinski definition) is 3. The quantitative estimate of drug-likeness (QED) is 0.726. The zero-order valence-corrected chi connectivity index (χ0v) is 18.0. The molecule has 6 heteroatoms. The minimum atomic E-state index is -0.297. The van der Waals surface area contributed by atoms with Crippen LogP contribution in [0.5, 0.6) is 0 Å². The summed E-state index contributed by atoms with van der Waals surface area (Å²) in [6.07, 6.45) is 4.12. The van der Waals surface area contributed by atoms with Gasteiger partial charge in [-0.15, -0.1) is 0 Å². The minimum Gasteiger partial charge on any atom is -0.377 e. The van der Waals surface area contributed by atoms with Crippen LogP contribution >= 0.6 is 0 Å². The molecule has 0 atom stereocenters. The van der Waals surface area contributed by atoms with Gasteiger partial charge >= 0.3 is 0 Å². The van der Waals surface area contributed by atoms with Crippen LogP contribution in [-0.2, 0) is 22.7 Å². The molecule has 2 aromatic rings. The third-order valence-electron chi connectivity index (χ3n) is 5.65. The van der Waals surface area contributed by atoms with E-state index in [1.54, 1.807) is 17.0 Å². The number of anilines is 2. The normalized spacial score (nSPS) is 13.9. The van der Waals surface area contributed by atoms with Gasteiger partial charge in [-0.25, -0.2) is 4.39 Å². The summed E-state index contributed by atoms with van der Waals surface area (Å²) >= 11 is 0. The summed E-state index contributed by atoms with van der Waals surface area (Å²) in [5, 5.41) is 3.05. The van der Waals surface area contributed by atoms with Gasteiger partial charge in [0.2, 0.25) is 11.8 Å². The summed E-state index contributed by atoms with van der Waals surface area (Å²) in [5.74, 6) is -0.196. The van der Waals surface area contributed by atoms with Gasteiger partial charge in [-0.1, -0.05) is 25.0 Å². The molecule has 3 rings (SSSR count). The van der Waals surface area contributed by atoms with Gasteiger partial charge in [0.15, 0.2) is 0 Å². The molecular weight excluding hydrogens is 381 g/mol. The van der Waals surface area contributed by atoms with Crippen molar-refractivity contribution >= 4 is 23.2 Å². The molecule has 0 spiro atoms. The molecule has 2 amide bonds. The largest absolute Gasteiger partial charge is 0.377 e. The zero-order valence-electron chi connectivity index (χ0n) is 18.0. The summed E-state index contributed by atoms with van der Waals surface area (Å²) in [6.45, 7) is 2.32. The maximum atomic E-state index is 13.2. The Morgan fingerprint density at radius 3 is 2.30 bits per heavy atom. The van der Waals surface area contributed by atoms with Crippen molar-refractivity contribution < 1.29 is 14.0 Å². The van der Waals surface area contributed by atoms with Crippen molar-refractivity contribution in [3.8, 4) is 0 Å². The van der Waals surface area contributed by atoms with Crippen LogP contribution in [-0.4, -0.2) is 30.8 Å². The lowest BCUT2D eigenvalue weighted by Gasteiger charge is -2.25. The highest BCUT2D eigenvalue weighted by molar-refractivity contribution is 5.93. The molecule has 2 aromatic carbocycles. The van der Waals surface area contributed by atoms with Crippen LogP contribution in [0, 0.1) is 11.7 Å². The van der Waals surface area contributed by atoms with Crippen molar-refractivity contribution in [2.75, 3.05) is 24.3 Å². The molecule has 0 heterocycles. The smallest absolute Gasteiger partial charge is 0.227 e. The fraction of sp³-hybridized carbons (Fsp3) is 0.417. The highest BCUT2D eigenvalue weighted by Crippen LogP contribution is 2.28. The van der Waals surface area contributed by atoms with Gasteiger partial charge in [-0.05, 0) is 54.3 Å². The van der Waals surface area contributed by atoms with Crippen LogP contribution in [0.3, 0.4) is 0 Å². The fourth-order valence-electron chi connectivity index (χ4n) is 3.95. The molecule has 5 nitrogen and oxygen atoms in total. The van der Waals surface area contributed by atoms with E-state index >= 15 is 0 Å². The first-order valence-electron chi connectivity index (χ1n) is 10.4. The number of nitrogens with one attached hydrogen (secondary N) is 1. The van der Waals surface area contributed by atoms with E-state index in [4.69, 9.17) is 0 Å². The molecule has 160 valence electrons. The summed E-state index contributed by atoms with van der Waals surface area (Å²) < 4.78 is 13.2. The van der Waals surface area contributed by atoms with E-state index in [1.807, 2.05) is 37.2 Å². The summed E-state index contributed by atoms with van der Waals surface area (Å²) in [7, 11) is 3.90. The standard InChI is InChI=1S/C24H30FN3O2/c1-17(29)28(15-18-8-10-21(25)11-9-18)16-20-14-22(12-13-23(20)27(2)3)26-24(30)19-6-4-5-7-19/h8-14,19H,4-7,15-16H2,1-3H3,(H,26,30). The molecule has 0 unspecified atom stereocenters. The molecule has 0 aromatic heterocycles. The minimum absolute atomic E-state index is 0.0653. The van der Waals surface area contributed by atoms with Gasteiger partial charge in [0.25, 0.3) is 0 Å². The van der Waals surface area contributed by atoms with Crippen LogP contribution in [0.4, 0.5) is 15.8 Å². The van der Waals surface area contributed by atoms with Crippen molar-refractivity contribution in [2.45, 2.75) is 45.7 Å². The van der Waals surface area contributed by atoms with E-state index in [1.165, 1.54) is 19.1 Å². The Hall–Kier alpha value is -2.89. The molecule has 1 saturated carbocycles. The lowest BCUT2D eigenvalue weighted by Crippen LogP contribution is -2.29. The van der Waals surface area contributed by atoms with E-state index in [2.05, 4.69) is 5.32 Å². The van der Waals surface area contributed by atoms with E-state index in [9.17, 15) is 14.0 Å². The molecule has 1 N–H and O–H groups in total. The second-order valence-corrected chi connectivity index (χ2v) is 8.21. The molecule has 0 radical (unpaired) electrons. The van der Waals surface area contributed by atoms with Gasteiger partial charge in [0, 0.05) is 51.4 Å². The SMILES string of the molecule is CC(=O)N(Cc1ccc(F)cc1)Cc1cc(NC(=O)C2CCCC2)ccc1N(C)C. The van der Waals surface area contributed by atoms with Gasteiger partial charge in [-0.3, -0.25) is 9.59 Å². The Labute approximate surface area is 177 Å². The Morgan fingerprint density at radius 1 is 1.03 bits per heavy atom. The van der Waals surface area contributed by atoms with Gasteiger partial charge in [0.05, 0.1) is 0 Å². The van der Waals surface area contributed by atoms with Crippen LogP contribution in [0.15, 0.2) is 42.5 Å². The molecule has 30 heavy (non-hydrogen) atoms. The van der Waals surface area contributed by atoms with E-state index in [-0.39, 0.29) is 23.5 Å². The number of hydrogen-bond donors (Lipinski definition) is 1. The number of carbonyl (C=O) groups excluding carboxylic acids is 2. The Balaban J connectivity index is 1.80. The first-order chi connectivity index (χ1) is 14.3. The number of halogens is 1. The average molecular weight is 412 g/mol. The van der Waals surface area contributed by atoms with Crippen LogP contribution in [0.2, 0.25) is 0 Å². The molecule has 1 aliphatic rings. The summed E-state index contributed by atoms with van der Waals surface area (Å²) in [4.78, 5) is 28.5. The van der Waals surface area contributed by atoms with Crippen molar-refractivity contribution in [2.24, 2.45) is 5.92 Å². The molecule has 1 fully saturated rings. The van der Waals surface area contributed by atoms with Gasteiger partial charge in [0.1, 0.15) is 5.82 Å². The number of nitrogens with zero attached hydrogens (tertiary/aromatic N) is 2. The summed E-state index contributed by atoms with van der Waals surface area (Å²) in [6, 6.07) is 12.0. The van der Waals surface area contributed by atoms with Crippen molar-refractivity contribution in [1.82, 2.24) is 4.90 Å². The van der Waals surface area contributed by atoms with Crippen LogP contribution < -0.4 is 10.2 Å². The molecule has 1 aliphatic carbocycles. The monoisotopic (exact) mass is 411 g/mol. The Bertz CT molecular complexity index is 890. The van der Waals surface area contributed by atoms with Crippen molar-refractivity contribution in [3.63, 3.8) is 0 Å². The number of benzene rings is 2. The molecule has 0 aliphatic heterocycles. The van der Waals surface area contributed by atoms with Gasteiger partial charge in [-0.2, -0.15) is 0 Å². The maximum absolute atomic E-state index is 13.2. The predicted octanol–water partition coefficient (Wildman–Crippen LogP) is 4.57.